The Labute approximate surface area is 118 Å². The van der Waals surface area contributed by atoms with Gasteiger partial charge in [0.2, 0.25) is 15.9 Å². The third-order valence-corrected chi connectivity index (χ3v) is 4.50. The maximum atomic E-state index is 11.8. The van der Waals surface area contributed by atoms with Crippen molar-refractivity contribution in [3.05, 3.63) is 17.7 Å². The third kappa shape index (κ3) is 2.70. The highest BCUT2D eigenvalue weighted by Gasteiger charge is 2.25. The van der Waals surface area contributed by atoms with E-state index in [4.69, 9.17) is 10.9 Å². The molecule has 0 aromatic heterocycles. The molecule has 1 heterocycles. The van der Waals surface area contributed by atoms with Crippen LogP contribution in [0.4, 0.5) is 11.4 Å². The van der Waals surface area contributed by atoms with Crippen LogP contribution in [-0.4, -0.2) is 45.9 Å². The quantitative estimate of drug-likeness (QED) is 0.715. The van der Waals surface area contributed by atoms with Crippen molar-refractivity contribution in [1.29, 1.82) is 0 Å². The van der Waals surface area contributed by atoms with Gasteiger partial charge in [-0.2, -0.15) is 0 Å². The number of nitrogen functional groups attached to an aromatic ring is 1. The topological polar surface area (TPSA) is 110 Å². The molecule has 1 fully saturated rings. The molecule has 0 bridgehead atoms. The standard InChI is InChI=1S/C12H18N4O3S/c1-8-10(16-4-3-15(2)12(17)7-16)5-9(13)6-11(8)20(14,18)19/h5-6H,3-4,7,13H2,1-2H3,(H2,14,18,19). The highest BCUT2D eigenvalue weighted by molar-refractivity contribution is 7.89. The zero-order chi connectivity index (χ0) is 15.1. The molecular formula is C12H18N4O3S. The fourth-order valence-electron chi connectivity index (χ4n) is 2.28. The number of anilines is 2. The summed E-state index contributed by atoms with van der Waals surface area (Å²) < 4.78 is 23.2. The van der Waals surface area contributed by atoms with Crippen molar-refractivity contribution in [2.45, 2.75) is 11.8 Å². The second-order valence-electron chi connectivity index (χ2n) is 4.95. The zero-order valence-electron chi connectivity index (χ0n) is 11.5. The van der Waals surface area contributed by atoms with Gasteiger partial charge in [-0.3, -0.25) is 4.79 Å². The van der Waals surface area contributed by atoms with Gasteiger partial charge in [0.05, 0.1) is 11.4 Å². The number of piperazine rings is 1. The predicted octanol–water partition coefficient (Wildman–Crippen LogP) is -0.497. The lowest BCUT2D eigenvalue weighted by Crippen LogP contribution is -2.48. The van der Waals surface area contributed by atoms with Crippen molar-refractivity contribution >= 4 is 27.3 Å². The van der Waals surface area contributed by atoms with Gasteiger partial charge in [0.15, 0.2) is 0 Å². The number of rotatable bonds is 2. The Balaban J connectivity index is 2.48. The number of nitrogens with two attached hydrogens (primary N) is 2. The van der Waals surface area contributed by atoms with Crippen LogP contribution in [-0.2, 0) is 14.8 Å². The van der Waals surface area contributed by atoms with Gasteiger partial charge in [0.1, 0.15) is 0 Å². The summed E-state index contributed by atoms with van der Waals surface area (Å²) in [7, 11) is -2.11. The highest BCUT2D eigenvalue weighted by Crippen LogP contribution is 2.29. The van der Waals surface area contributed by atoms with Crippen LogP contribution in [0.15, 0.2) is 17.0 Å². The Morgan fingerprint density at radius 3 is 2.45 bits per heavy atom. The number of benzene rings is 1. The molecule has 110 valence electrons. The molecule has 1 aromatic rings. The molecule has 4 N–H and O–H groups in total. The molecule has 1 aliphatic rings. The van der Waals surface area contributed by atoms with Crippen molar-refractivity contribution in [2.75, 3.05) is 37.3 Å². The maximum Gasteiger partial charge on any atom is 0.241 e. The molecule has 0 spiro atoms. The smallest absolute Gasteiger partial charge is 0.241 e. The van der Waals surface area contributed by atoms with E-state index in [0.29, 0.717) is 30.0 Å². The fraction of sp³-hybridized carbons (Fsp3) is 0.417. The van der Waals surface area contributed by atoms with Crippen molar-refractivity contribution in [3.63, 3.8) is 0 Å². The van der Waals surface area contributed by atoms with E-state index in [1.54, 1.807) is 24.9 Å². The van der Waals surface area contributed by atoms with Gasteiger partial charge in [-0.05, 0) is 24.6 Å². The molecule has 0 aliphatic carbocycles. The SMILES string of the molecule is Cc1c(N2CCN(C)C(=O)C2)cc(N)cc1S(N)(=O)=O. The van der Waals surface area contributed by atoms with Gasteiger partial charge in [0, 0.05) is 31.5 Å². The van der Waals surface area contributed by atoms with Crippen molar-refractivity contribution in [3.8, 4) is 0 Å². The van der Waals surface area contributed by atoms with Crippen LogP contribution in [0.25, 0.3) is 0 Å². The molecule has 1 amide bonds. The number of hydrogen-bond donors (Lipinski definition) is 2. The first-order valence-corrected chi connectivity index (χ1v) is 7.66. The van der Waals surface area contributed by atoms with Gasteiger partial charge in [0.25, 0.3) is 0 Å². The fourth-order valence-corrected chi connectivity index (χ4v) is 3.11. The summed E-state index contributed by atoms with van der Waals surface area (Å²) in [6, 6.07) is 3.01. The predicted molar refractivity (Wildman–Crippen MR) is 76.8 cm³/mol. The Morgan fingerprint density at radius 1 is 1.25 bits per heavy atom. The Kier molecular flexibility index (Phi) is 3.61. The minimum absolute atomic E-state index is 0.00104. The molecule has 0 radical (unpaired) electrons. The van der Waals surface area contributed by atoms with Crippen LogP contribution in [0, 0.1) is 6.92 Å². The van der Waals surface area contributed by atoms with Crippen LogP contribution in [0.5, 0.6) is 0 Å². The Morgan fingerprint density at radius 2 is 1.90 bits per heavy atom. The summed E-state index contributed by atoms with van der Waals surface area (Å²) in [6.45, 7) is 3.07. The van der Waals surface area contributed by atoms with E-state index < -0.39 is 10.0 Å². The third-order valence-electron chi connectivity index (χ3n) is 3.46. The lowest BCUT2D eigenvalue weighted by atomic mass is 10.1. The molecule has 1 saturated heterocycles. The van der Waals surface area contributed by atoms with E-state index in [2.05, 4.69) is 0 Å². The number of carbonyl (C=O) groups is 1. The molecule has 2 rings (SSSR count). The molecule has 1 aromatic carbocycles. The number of nitrogens with zero attached hydrogens (tertiary/aromatic N) is 2. The molecule has 0 atom stereocenters. The van der Waals surface area contributed by atoms with E-state index >= 15 is 0 Å². The number of amides is 1. The van der Waals surface area contributed by atoms with E-state index in [9.17, 15) is 13.2 Å². The molecule has 20 heavy (non-hydrogen) atoms. The Hall–Kier alpha value is -1.80. The normalized spacial score (nSPS) is 16.6. The highest BCUT2D eigenvalue weighted by atomic mass is 32.2. The molecule has 1 aliphatic heterocycles. The van der Waals surface area contributed by atoms with E-state index in [1.165, 1.54) is 6.07 Å². The van der Waals surface area contributed by atoms with Gasteiger partial charge >= 0.3 is 0 Å². The van der Waals surface area contributed by atoms with E-state index in [1.807, 2.05) is 4.90 Å². The zero-order valence-corrected chi connectivity index (χ0v) is 12.3. The summed E-state index contributed by atoms with van der Waals surface area (Å²) in [5, 5.41) is 5.20. The van der Waals surface area contributed by atoms with Gasteiger partial charge in [-0.1, -0.05) is 0 Å². The summed E-state index contributed by atoms with van der Waals surface area (Å²) in [4.78, 5) is 15.2. The Bertz CT molecular complexity index is 657. The van der Waals surface area contributed by atoms with Crippen molar-refractivity contribution in [1.82, 2.24) is 4.90 Å². The summed E-state index contributed by atoms with van der Waals surface area (Å²) in [5.74, 6) is -0.0183. The number of likely N-dealkylation sites (N-methyl/N-ethyl adjacent to an activating group) is 1. The van der Waals surface area contributed by atoms with Gasteiger partial charge in [-0.25, -0.2) is 13.6 Å². The van der Waals surface area contributed by atoms with Crippen LogP contribution in [0.2, 0.25) is 0 Å². The number of sulfonamides is 1. The average molecular weight is 298 g/mol. The molecule has 8 heteroatoms. The molecule has 0 saturated carbocycles. The minimum Gasteiger partial charge on any atom is -0.399 e. The lowest BCUT2D eigenvalue weighted by molar-refractivity contribution is -0.129. The molecular weight excluding hydrogens is 280 g/mol. The first-order chi connectivity index (χ1) is 9.20. The van der Waals surface area contributed by atoms with Crippen LogP contribution < -0.4 is 15.8 Å². The van der Waals surface area contributed by atoms with Gasteiger partial charge in [-0.15, -0.1) is 0 Å². The summed E-state index contributed by atoms with van der Waals surface area (Å²) in [5.41, 5.74) is 7.21. The molecule has 7 nitrogen and oxygen atoms in total. The largest absolute Gasteiger partial charge is 0.399 e. The first kappa shape index (κ1) is 14.6. The van der Waals surface area contributed by atoms with Gasteiger partial charge < -0.3 is 15.5 Å². The lowest BCUT2D eigenvalue weighted by Gasteiger charge is -2.34. The van der Waals surface area contributed by atoms with E-state index in [-0.39, 0.29) is 17.3 Å². The van der Waals surface area contributed by atoms with Crippen LogP contribution in [0.3, 0.4) is 0 Å². The number of hydrogen-bond acceptors (Lipinski definition) is 5. The summed E-state index contributed by atoms with van der Waals surface area (Å²) in [6.07, 6.45) is 0. The number of primary sulfonamides is 1. The number of carbonyl (C=O) groups excluding carboxylic acids is 1. The first-order valence-electron chi connectivity index (χ1n) is 6.12. The second-order valence-corrected chi connectivity index (χ2v) is 6.47. The summed E-state index contributed by atoms with van der Waals surface area (Å²) >= 11 is 0. The van der Waals surface area contributed by atoms with Crippen molar-refractivity contribution < 1.29 is 13.2 Å². The van der Waals surface area contributed by atoms with E-state index in [0.717, 1.165) is 0 Å². The molecule has 0 unspecified atom stereocenters. The average Bonchev–Trinajstić information content (AvgIpc) is 2.34. The van der Waals surface area contributed by atoms with Crippen LogP contribution >= 0.6 is 0 Å². The van der Waals surface area contributed by atoms with Crippen molar-refractivity contribution in [2.24, 2.45) is 5.14 Å². The second kappa shape index (κ2) is 4.95. The monoisotopic (exact) mass is 298 g/mol. The minimum atomic E-state index is -3.84. The van der Waals surface area contributed by atoms with Crippen LogP contribution in [0.1, 0.15) is 5.56 Å². The maximum absolute atomic E-state index is 11.8.